The molecule has 1 aliphatic rings. The van der Waals surface area contributed by atoms with E-state index in [-0.39, 0.29) is 10.6 Å². The van der Waals surface area contributed by atoms with Crippen LogP contribution in [0, 0.1) is 5.82 Å². The van der Waals surface area contributed by atoms with Crippen molar-refractivity contribution in [1.82, 2.24) is 0 Å². The minimum absolute atomic E-state index is 0.0239. The van der Waals surface area contributed by atoms with E-state index >= 15 is 0 Å². The van der Waals surface area contributed by atoms with Crippen molar-refractivity contribution in [2.24, 2.45) is 0 Å². The number of anilines is 1. The predicted molar refractivity (Wildman–Crippen MR) is 77.6 cm³/mol. The molecule has 21 heavy (non-hydrogen) atoms. The predicted octanol–water partition coefficient (Wildman–Crippen LogP) is 2.59. The molecule has 0 fully saturated rings. The summed E-state index contributed by atoms with van der Waals surface area (Å²) in [5.41, 5.74) is 1.64. The SMILES string of the molecule is COc1ccc(S(=O)(=O)N2CCc3ccccc32)cc1F. The van der Waals surface area contributed by atoms with E-state index in [1.54, 1.807) is 12.1 Å². The van der Waals surface area contributed by atoms with Gasteiger partial charge in [-0.15, -0.1) is 0 Å². The lowest BCUT2D eigenvalue weighted by molar-refractivity contribution is 0.385. The molecule has 1 heterocycles. The van der Waals surface area contributed by atoms with Crippen molar-refractivity contribution in [3.63, 3.8) is 0 Å². The second kappa shape index (κ2) is 5.04. The topological polar surface area (TPSA) is 46.6 Å². The van der Waals surface area contributed by atoms with Gasteiger partial charge in [0.15, 0.2) is 11.6 Å². The summed E-state index contributed by atoms with van der Waals surface area (Å²) in [6, 6.07) is 11.0. The third kappa shape index (κ3) is 2.25. The van der Waals surface area contributed by atoms with Gasteiger partial charge in [0.1, 0.15) is 0 Å². The molecule has 0 bridgehead atoms. The standard InChI is InChI=1S/C15H14FNO3S/c1-20-15-7-6-12(10-13(15)16)21(18,19)17-9-8-11-4-2-3-5-14(11)17/h2-7,10H,8-9H2,1H3. The molecule has 6 heteroatoms. The number of para-hydroxylation sites is 1. The molecule has 4 nitrogen and oxygen atoms in total. The maximum atomic E-state index is 13.8. The van der Waals surface area contributed by atoms with Gasteiger partial charge in [-0.25, -0.2) is 12.8 Å². The Labute approximate surface area is 122 Å². The highest BCUT2D eigenvalue weighted by Crippen LogP contribution is 2.33. The number of halogens is 1. The minimum Gasteiger partial charge on any atom is -0.494 e. The number of sulfonamides is 1. The van der Waals surface area contributed by atoms with Crippen LogP contribution in [-0.2, 0) is 16.4 Å². The van der Waals surface area contributed by atoms with Gasteiger partial charge in [-0.1, -0.05) is 18.2 Å². The van der Waals surface area contributed by atoms with Crippen molar-refractivity contribution in [3.8, 4) is 5.75 Å². The second-order valence-electron chi connectivity index (χ2n) is 4.75. The molecule has 0 amide bonds. The van der Waals surface area contributed by atoms with E-state index in [1.165, 1.54) is 23.5 Å². The van der Waals surface area contributed by atoms with Crippen LogP contribution < -0.4 is 9.04 Å². The molecule has 0 spiro atoms. The first-order valence-electron chi connectivity index (χ1n) is 6.48. The van der Waals surface area contributed by atoms with Crippen molar-refractivity contribution in [1.29, 1.82) is 0 Å². The van der Waals surface area contributed by atoms with Crippen LogP contribution in [0.1, 0.15) is 5.56 Å². The number of hydrogen-bond acceptors (Lipinski definition) is 3. The molecule has 0 saturated heterocycles. The van der Waals surface area contributed by atoms with Crippen molar-refractivity contribution < 1.29 is 17.5 Å². The first kappa shape index (κ1) is 13.9. The largest absolute Gasteiger partial charge is 0.494 e. The van der Waals surface area contributed by atoms with Crippen LogP contribution in [0.3, 0.4) is 0 Å². The minimum atomic E-state index is -3.76. The van der Waals surface area contributed by atoms with Gasteiger partial charge < -0.3 is 4.74 Å². The quantitative estimate of drug-likeness (QED) is 0.875. The molecule has 0 unspecified atom stereocenters. The van der Waals surface area contributed by atoms with Gasteiger partial charge in [-0.3, -0.25) is 4.31 Å². The Morgan fingerprint density at radius 1 is 1.19 bits per heavy atom. The molecular formula is C15H14FNO3S. The van der Waals surface area contributed by atoms with Crippen LogP contribution in [0.25, 0.3) is 0 Å². The van der Waals surface area contributed by atoms with Crippen LogP contribution in [0.15, 0.2) is 47.4 Å². The van der Waals surface area contributed by atoms with Crippen molar-refractivity contribution in [2.75, 3.05) is 18.0 Å². The average Bonchev–Trinajstić information content (AvgIpc) is 2.91. The fourth-order valence-corrected chi connectivity index (χ4v) is 4.01. The van der Waals surface area contributed by atoms with E-state index in [1.807, 2.05) is 12.1 Å². The van der Waals surface area contributed by atoms with Gasteiger partial charge in [0.05, 0.1) is 17.7 Å². The van der Waals surface area contributed by atoms with Crippen molar-refractivity contribution >= 4 is 15.7 Å². The highest BCUT2D eigenvalue weighted by molar-refractivity contribution is 7.92. The molecule has 110 valence electrons. The van der Waals surface area contributed by atoms with Gasteiger partial charge in [0.25, 0.3) is 10.0 Å². The maximum absolute atomic E-state index is 13.8. The Bertz CT molecular complexity index is 789. The molecule has 1 aliphatic heterocycles. The van der Waals surface area contributed by atoms with Gasteiger partial charge in [0, 0.05) is 6.54 Å². The molecule has 0 saturated carbocycles. The van der Waals surface area contributed by atoms with E-state index < -0.39 is 15.8 Å². The number of ether oxygens (including phenoxy) is 1. The van der Waals surface area contributed by atoms with E-state index in [4.69, 9.17) is 4.74 Å². The van der Waals surface area contributed by atoms with Crippen LogP contribution in [0.2, 0.25) is 0 Å². The summed E-state index contributed by atoms with van der Waals surface area (Å²) in [5.74, 6) is -0.665. The Kier molecular flexibility index (Phi) is 3.33. The fourth-order valence-electron chi connectivity index (χ4n) is 2.49. The normalized spacial score (nSPS) is 14.1. The van der Waals surface area contributed by atoms with Crippen LogP contribution in [-0.4, -0.2) is 22.1 Å². The zero-order valence-corrected chi connectivity index (χ0v) is 12.2. The molecule has 0 aromatic heterocycles. The van der Waals surface area contributed by atoms with Gasteiger partial charge in [-0.2, -0.15) is 0 Å². The van der Waals surface area contributed by atoms with Gasteiger partial charge in [0.2, 0.25) is 0 Å². The average molecular weight is 307 g/mol. The Hall–Kier alpha value is -2.08. The van der Waals surface area contributed by atoms with Crippen molar-refractivity contribution in [3.05, 3.63) is 53.8 Å². The van der Waals surface area contributed by atoms with E-state index in [0.717, 1.165) is 11.6 Å². The summed E-state index contributed by atoms with van der Waals surface area (Å²) in [6.45, 7) is 0.370. The zero-order valence-electron chi connectivity index (χ0n) is 11.4. The third-order valence-corrected chi connectivity index (χ3v) is 5.36. The number of methoxy groups -OCH3 is 1. The van der Waals surface area contributed by atoms with E-state index in [2.05, 4.69) is 0 Å². The Morgan fingerprint density at radius 3 is 2.67 bits per heavy atom. The lowest BCUT2D eigenvalue weighted by Gasteiger charge is -2.19. The number of rotatable bonds is 3. The van der Waals surface area contributed by atoms with E-state index in [9.17, 15) is 12.8 Å². The summed E-state index contributed by atoms with van der Waals surface area (Å²) < 4.78 is 45.2. The first-order chi connectivity index (χ1) is 10.0. The summed E-state index contributed by atoms with van der Waals surface area (Å²) in [7, 11) is -2.43. The fraction of sp³-hybridized carbons (Fsp3) is 0.200. The number of nitrogens with zero attached hydrogens (tertiary/aromatic N) is 1. The van der Waals surface area contributed by atoms with Crippen LogP contribution in [0.5, 0.6) is 5.75 Å². The first-order valence-corrected chi connectivity index (χ1v) is 7.92. The van der Waals surface area contributed by atoms with Crippen molar-refractivity contribution in [2.45, 2.75) is 11.3 Å². The van der Waals surface area contributed by atoms with Crippen LogP contribution in [0.4, 0.5) is 10.1 Å². The van der Waals surface area contributed by atoms with Crippen LogP contribution >= 0.6 is 0 Å². The summed E-state index contributed by atoms with van der Waals surface area (Å²) in [4.78, 5) is -0.0718. The lowest BCUT2D eigenvalue weighted by atomic mass is 10.2. The zero-order chi connectivity index (χ0) is 15.0. The highest BCUT2D eigenvalue weighted by Gasteiger charge is 2.31. The molecule has 2 aromatic carbocycles. The number of hydrogen-bond donors (Lipinski definition) is 0. The molecule has 3 rings (SSSR count). The Morgan fingerprint density at radius 2 is 1.95 bits per heavy atom. The summed E-state index contributed by atoms with van der Waals surface area (Å²) in [6.07, 6.45) is 0.661. The van der Waals surface area contributed by atoms with Gasteiger partial charge in [-0.05, 0) is 36.2 Å². The highest BCUT2D eigenvalue weighted by atomic mass is 32.2. The second-order valence-corrected chi connectivity index (χ2v) is 6.61. The smallest absolute Gasteiger partial charge is 0.264 e. The number of benzene rings is 2. The molecule has 2 aromatic rings. The molecular weight excluding hydrogens is 293 g/mol. The van der Waals surface area contributed by atoms with Gasteiger partial charge >= 0.3 is 0 Å². The summed E-state index contributed by atoms with van der Waals surface area (Å²) >= 11 is 0. The molecule has 0 atom stereocenters. The lowest BCUT2D eigenvalue weighted by Crippen LogP contribution is -2.29. The molecule has 0 aliphatic carbocycles. The monoisotopic (exact) mass is 307 g/mol. The Balaban J connectivity index is 2.04. The van der Waals surface area contributed by atoms with E-state index in [0.29, 0.717) is 18.7 Å². The third-order valence-electron chi connectivity index (χ3n) is 3.56. The maximum Gasteiger partial charge on any atom is 0.264 e. The number of fused-ring (bicyclic) bond motifs is 1. The molecule has 0 N–H and O–H groups in total. The molecule has 0 radical (unpaired) electrons. The summed E-state index contributed by atoms with van der Waals surface area (Å²) in [5, 5.41) is 0.